The maximum atomic E-state index is 12.5. The highest BCUT2D eigenvalue weighted by Gasteiger charge is 2.28. The molecular weight excluding hydrogens is 348 g/mol. The van der Waals surface area contributed by atoms with Gasteiger partial charge in [0.2, 0.25) is 5.91 Å². The van der Waals surface area contributed by atoms with E-state index in [1.165, 1.54) is 11.3 Å². The number of ether oxygens (including phenoxy) is 1. The van der Waals surface area contributed by atoms with E-state index < -0.39 is 0 Å². The Morgan fingerprint density at radius 3 is 2.77 bits per heavy atom. The molecule has 2 aromatic rings. The van der Waals surface area contributed by atoms with E-state index in [9.17, 15) is 9.59 Å². The Morgan fingerprint density at radius 1 is 1.27 bits per heavy atom. The van der Waals surface area contributed by atoms with Gasteiger partial charge in [0.1, 0.15) is 12.4 Å². The van der Waals surface area contributed by atoms with Crippen molar-refractivity contribution in [2.75, 3.05) is 25.0 Å². The quantitative estimate of drug-likeness (QED) is 0.787. The summed E-state index contributed by atoms with van der Waals surface area (Å²) in [4.78, 5) is 27.5. The highest BCUT2D eigenvalue weighted by molar-refractivity contribution is 7.12. The van der Waals surface area contributed by atoms with Gasteiger partial charge < -0.3 is 15.0 Å². The molecule has 1 aromatic heterocycles. The van der Waals surface area contributed by atoms with Crippen LogP contribution in [0.2, 0.25) is 0 Å². The third-order valence-corrected chi connectivity index (χ3v) is 5.21. The molecule has 6 heteroatoms. The van der Waals surface area contributed by atoms with E-state index in [1.807, 2.05) is 40.6 Å². The molecule has 1 N–H and O–H groups in total. The third kappa shape index (κ3) is 4.52. The number of likely N-dealkylation sites (tertiary alicyclic amines) is 1. The zero-order chi connectivity index (χ0) is 18.4. The molecule has 0 atom stereocenters. The molecular formula is C20H22N2O3S. The van der Waals surface area contributed by atoms with Crippen LogP contribution >= 0.6 is 11.3 Å². The maximum absolute atomic E-state index is 12.5. The van der Waals surface area contributed by atoms with Gasteiger partial charge in [-0.3, -0.25) is 9.59 Å². The predicted molar refractivity (Wildman–Crippen MR) is 104 cm³/mol. The van der Waals surface area contributed by atoms with E-state index in [-0.39, 0.29) is 17.7 Å². The zero-order valence-electron chi connectivity index (χ0n) is 14.5. The van der Waals surface area contributed by atoms with Gasteiger partial charge in [0.25, 0.3) is 5.91 Å². The molecule has 5 nitrogen and oxygen atoms in total. The fourth-order valence-corrected chi connectivity index (χ4v) is 3.65. The Kier molecular flexibility index (Phi) is 6.07. The predicted octanol–water partition coefficient (Wildman–Crippen LogP) is 3.80. The lowest BCUT2D eigenvalue weighted by Crippen LogP contribution is -2.41. The van der Waals surface area contributed by atoms with Gasteiger partial charge in [-0.25, -0.2) is 0 Å². The van der Waals surface area contributed by atoms with Crippen molar-refractivity contribution in [3.05, 3.63) is 59.3 Å². The van der Waals surface area contributed by atoms with E-state index in [4.69, 9.17) is 4.74 Å². The molecule has 0 radical (unpaired) electrons. The second-order valence-electron chi connectivity index (χ2n) is 6.16. The molecule has 26 heavy (non-hydrogen) atoms. The number of amides is 2. The number of carbonyl (C=O) groups excluding carboxylic acids is 2. The van der Waals surface area contributed by atoms with Crippen LogP contribution in [0.25, 0.3) is 0 Å². The van der Waals surface area contributed by atoms with Crippen molar-refractivity contribution in [2.24, 2.45) is 5.92 Å². The molecule has 1 aliphatic rings. The number of benzene rings is 1. The molecule has 136 valence electrons. The molecule has 0 bridgehead atoms. The molecule has 1 fully saturated rings. The average molecular weight is 370 g/mol. The number of hydrogen-bond donors (Lipinski definition) is 1. The minimum atomic E-state index is -0.0832. The number of nitrogens with zero attached hydrogens (tertiary/aromatic N) is 1. The highest BCUT2D eigenvalue weighted by atomic mass is 32.1. The number of anilines is 1. The number of carbonyl (C=O) groups is 2. The van der Waals surface area contributed by atoms with Crippen molar-refractivity contribution in [3.63, 3.8) is 0 Å². The molecule has 0 aliphatic carbocycles. The van der Waals surface area contributed by atoms with E-state index in [0.717, 1.165) is 4.88 Å². The summed E-state index contributed by atoms with van der Waals surface area (Å²) in [6, 6.07) is 11.0. The van der Waals surface area contributed by atoms with Crippen LogP contribution < -0.4 is 10.1 Å². The molecule has 1 aromatic carbocycles. The van der Waals surface area contributed by atoms with Gasteiger partial charge in [-0.05, 0) is 36.4 Å². The topological polar surface area (TPSA) is 58.6 Å². The molecule has 1 saturated heterocycles. The maximum Gasteiger partial charge on any atom is 0.263 e. The Labute approximate surface area is 157 Å². The second kappa shape index (κ2) is 8.67. The van der Waals surface area contributed by atoms with Gasteiger partial charge in [0.15, 0.2) is 0 Å². The molecule has 3 rings (SSSR count). The largest absolute Gasteiger partial charge is 0.489 e. The average Bonchev–Trinajstić information content (AvgIpc) is 3.21. The van der Waals surface area contributed by atoms with Crippen molar-refractivity contribution in [2.45, 2.75) is 12.8 Å². The number of thiophene rings is 1. The van der Waals surface area contributed by atoms with Crippen LogP contribution in [0.1, 0.15) is 22.5 Å². The van der Waals surface area contributed by atoms with Crippen LogP contribution in [-0.4, -0.2) is 36.4 Å². The Hall–Kier alpha value is -2.60. The molecule has 2 heterocycles. The van der Waals surface area contributed by atoms with Crippen molar-refractivity contribution < 1.29 is 14.3 Å². The number of rotatable bonds is 6. The van der Waals surface area contributed by atoms with Crippen LogP contribution in [0.3, 0.4) is 0 Å². The minimum absolute atomic E-state index is 0.00547. The van der Waals surface area contributed by atoms with Crippen molar-refractivity contribution in [1.82, 2.24) is 4.90 Å². The Balaban J connectivity index is 1.52. The second-order valence-corrected chi connectivity index (χ2v) is 7.11. The van der Waals surface area contributed by atoms with Gasteiger partial charge in [-0.2, -0.15) is 0 Å². The third-order valence-electron chi connectivity index (χ3n) is 4.35. The first-order valence-electron chi connectivity index (χ1n) is 8.65. The fourth-order valence-electron chi connectivity index (χ4n) is 2.96. The van der Waals surface area contributed by atoms with Crippen LogP contribution in [0.4, 0.5) is 5.69 Å². The van der Waals surface area contributed by atoms with E-state index in [0.29, 0.717) is 44.0 Å². The van der Waals surface area contributed by atoms with Crippen LogP contribution in [0, 0.1) is 5.92 Å². The zero-order valence-corrected chi connectivity index (χ0v) is 15.3. The van der Waals surface area contributed by atoms with E-state index in [1.54, 1.807) is 12.1 Å². The Morgan fingerprint density at radius 2 is 2.08 bits per heavy atom. The smallest absolute Gasteiger partial charge is 0.263 e. The lowest BCUT2D eigenvalue weighted by molar-refractivity contribution is -0.121. The molecule has 0 spiro atoms. The van der Waals surface area contributed by atoms with Gasteiger partial charge in [0.05, 0.1) is 4.88 Å². The van der Waals surface area contributed by atoms with E-state index >= 15 is 0 Å². The summed E-state index contributed by atoms with van der Waals surface area (Å²) in [6.45, 7) is 5.26. The van der Waals surface area contributed by atoms with Crippen molar-refractivity contribution in [1.29, 1.82) is 0 Å². The summed E-state index contributed by atoms with van der Waals surface area (Å²) in [5, 5.41) is 4.86. The summed E-state index contributed by atoms with van der Waals surface area (Å²) in [7, 11) is 0. The first-order chi connectivity index (χ1) is 12.7. The molecule has 0 saturated carbocycles. The van der Waals surface area contributed by atoms with Crippen LogP contribution in [0.15, 0.2) is 54.4 Å². The number of nitrogens with one attached hydrogen (secondary N) is 1. The SMILES string of the molecule is C=CCOc1cccc(NC(=O)C2CCN(C(=O)c3cccs3)CC2)c1. The van der Waals surface area contributed by atoms with Gasteiger partial charge in [-0.15, -0.1) is 11.3 Å². The van der Waals surface area contributed by atoms with Gasteiger partial charge in [0, 0.05) is 30.8 Å². The monoisotopic (exact) mass is 370 g/mol. The first kappa shape index (κ1) is 18.2. The van der Waals surface area contributed by atoms with E-state index in [2.05, 4.69) is 11.9 Å². The summed E-state index contributed by atoms with van der Waals surface area (Å²) < 4.78 is 5.49. The normalized spacial score (nSPS) is 14.7. The van der Waals surface area contributed by atoms with Gasteiger partial charge >= 0.3 is 0 Å². The lowest BCUT2D eigenvalue weighted by atomic mass is 9.95. The number of piperidine rings is 1. The van der Waals surface area contributed by atoms with Crippen LogP contribution in [-0.2, 0) is 4.79 Å². The van der Waals surface area contributed by atoms with Crippen molar-refractivity contribution in [3.8, 4) is 5.75 Å². The standard InChI is InChI=1S/C20H22N2O3S/c1-2-12-25-17-6-3-5-16(14-17)21-19(23)15-8-10-22(11-9-15)20(24)18-7-4-13-26-18/h2-7,13-15H,1,8-12H2,(H,21,23). The highest BCUT2D eigenvalue weighted by Crippen LogP contribution is 2.23. The summed E-state index contributed by atoms with van der Waals surface area (Å²) in [5.74, 6) is 0.666. The lowest BCUT2D eigenvalue weighted by Gasteiger charge is -2.31. The molecule has 1 aliphatic heterocycles. The van der Waals surface area contributed by atoms with Crippen molar-refractivity contribution >= 4 is 28.8 Å². The first-order valence-corrected chi connectivity index (χ1v) is 9.52. The van der Waals surface area contributed by atoms with Gasteiger partial charge in [-0.1, -0.05) is 24.8 Å². The fraction of sp³-hybridized carbons (Fsp3) is 0.300. The summed E-state index contributed by atoms with van der Waals surface area (Å²) >= 11 is 1.45. The molecule has 0 unspecified atom stereocenters. The molecule has 2 amide bonds. The van der Waals surface area contributed by atoms with Crippen LogP contribution in [0.5, 0.6) is 5.75 Å². The minimum Gasteiger partial charge on any atom is -0.489 e. The number of hydrogen-bond acceptors (Lipinski definition) is 4. The summed E-state index contributed by atoms with van der Waals surface area (Å²) in [5.41, 5.74) is 0.716. The Bertz CT molecular complexity index is 765. The summed E-state index contributed by atoms with van der Waals surface area (Å²) in [6.07, 6.45) is 3.03.